The highest BCUT2D eigenvalue weighted by Gasteiger charge is 2.16. The predicted molar refractivity (Wildman–Crippen MR) is 77.3 cm³/mol. The van der Waals surface area contributed by atoms with Crippen molar-refractivity contribution in [1.29, 1.82) is 0 Å². The molecule has 0 amide bonds. The number of hydrogen-bond donors (Lipinski definition) is 1. The van der Waals surface area contributed by atoms with E-state index in [0.717, 1.165) is 37.6 Å². The topological polar surface area (TPSA) is 39.7 Å². The van der Waals surface area contributed by atoms with Crippen LogP contribution in [0.25, 0.3) is 0 Å². The van der Waals surface area contributed by atoms with Gasteiger partial charge in [0, 0.05) is 18.7 Å². The van der Waals surface area contributed by atoms with Crippen molar-refractivity contribution in [2.24, 2.45) is 0 Å². The Kier molecular flexibility index (Phi) is 4.43. The molecule has 2 aliphatic heterocycles. The second-order valence-corrected chi connectivity index (χ2v) is 5.71. The molecule has 0 bridgehead atoms. The molecular formula is C16H23NO3. The van der Waals surface area contributed by atoms with Gasteiger partial charge in [-0.15, -0.1) is 0 Å². The molecule has 2 atom stereocenters. The Morgan fingerprint density at radius 1 is 1.30 bits per heavy atom. The molecule has 3 rings (SSSR count). The molecule has 0 radical (unpaired) electrons. The molecule has 2 heterocycles. The molecule has 20 heavy (non-hydrogen) atoms. The lowest BCUT2D eigenvalue weighted by Crippen LogP contribution is -2.42. The summed E-state index contributed by atoms with van der Waals surface area (Å²) in [5.41, 5.74) is 1.31. The molecule has 1 fully saturated rings. The van der Waals surface area contributed by atoms with Crippen LogP contribution in [0.15, 0.2) is 18.2 Å². The van der Waals surface area contributed by atoms with Crippen LogP contribution in [-0.4, -0.2) is 32.1 Å². The average Bonchev–Trinajstić information content (AvgIpc) is 2.93. The van der Waals surface area contributed by atoms with Crippen molar-refractivity contribution in [1.82, 2.24) is 5.32 Å². The third kappa shape index (κ3) is 3.44. The third-order valence-electron chi connectivity index (χ3n) is 3.98. The largest absolute Gasteiger partial charge is 0.454 e. The maximum Gasteiger partial charge on any atom is 0.231 e. The first-order valence-electron chi connectivity index (χ1n) is 7.53. The smallest absolute Gasteiger partial charge is 0.231 e. The Morgan fingerprint density at radius 3 is 3.05 bits per heavy atom. The van der Waals surface area contributed by atoms with Gasteiger partial charge in [-0.1, -0.05) is 6.07 Å². The van der Waals surface area contributed by atoms with Gasteiger partial charge < -0.3 is 19.5 Å². The van der Waals surface area contributed by atoms with Crippen LogP contribution in [0.3, 0.4) is 0 Å². The van der Waals surface area contributed by atoms with E-state index in [0.29, 0.717) is 18.9 Å². The van der Waals surface area contributed by atoms with Crippen LogP contribution < -0.4 is 14.8 Å². The van der Waals surface area contributed by atoms with Crippen molar-refractivity contribution in [3.8, 4) is 11.5 Å². The molecule has 1 aromatic rings. The summed E-state index contributed by atoms with van der Waals surface area (Å²) in [5, 5.41) is 3.66. The highest BCUT2D eigenvalue weighted by Crippen LogP contribution is 2.32. The van der Waals surface area contributed by atoms with Crippen molar-refractivity contribution >= 4 is 0 Å². The van der Waals surface area contributed by atoms with Crippen molar-refractivity contribution < 1.29 is 14.2 Å². The van der Waals surface area contributed by atoms with Crippen molar-refractivity contribution in [2.75, 3.05) is 20.0 Å². The lowest BCUT2D eigenvalue weighted by atomic mass is 10.0. The molecule has 1 saturated heterocycles. The van der Waals surface area contributed by atoms with Crippen molar-refractivity contribution in [2.45, 2.75) is 44.7 Å². The van der Waals surface area contributed by atoms with Gasteiger partial charge in [0.1, 0.15) is 0 Å². The summed E-state index contributed by atoms with van der Waals surface area (Å²) >= 11 is 0. The maximum absolute atomic E-state index is 5.50. The monoisotopic (exact) mass is 277 g/mol. The van der Waals surface area contributed by atoms with Gasteiger partial charge in [0.05, 0.1) is 6.61 Å². The Hall–Kier alpha value is -1.26. The van der Waals surface area contributed by atoms with Crippen LogP contribution in [0.1, 0.15) is 31.7 Å². The van der Waals surface area contributed by atoms with E-state index < -0.39 is 0 Å². The molecule has 2 unspecified atom stereocenters. The van der Waals surface area contributed by atoms with Gasteiger partial charge in [-0.05, 0) is 50.3 Å². The molecular weight excluding hydrogens is 254 g/mol. The summed E-state index contributed by atoms with van der Waals surface area (Å²) in [4.78, 5) is 0. The Labute approximate surface area is 120 Å². The van der Waals surface area contributed by atoms with E-state index in [4.69, 9.17) is 14.2 Å². The standard InChI is InChI=1S/C16H23NO3/c1-12(17-14-3-2-8-18-10-14)4-5-13-6-7-15-16(9-13)20-11-19-15/h6-7,9,12,14,17H,2-5,8,10-11H2,1H3. The number of nitrogens with one attached hydrogen (secondary N) is 1. The first-order chi connectivity index (χ1) is 9.81. The summed E-state index contributed by atoms with van der Waals surface area (Å²) in [6, 6.07) is 7.26. The highest BCUT2D eigenvalue weighted by molar-refractivity contribution is 5.44. The van der Waals surface area contributed by atoms with Gasteiger partial charge in [0.15, 0.2) is 11.5 Å². The zero-order valence-electron chi connectivity index (χ0n) is 12.1. The fourth-order valence-corrected chi connectivity index (χ4v) is 2.84. The molecule has 0 saturated carbocycles. The van der Waals surface area contributed by atoms with E-state index in [9.17, 15) is 0 Å². The van der Waals surface area contributed by atoms with Gasteiger partial charge in [-0.2, -0.15) is 0 Å². The van der Waals surface area contributed by atoms with Gasteiger partial charge in [-0.3, -0.25) is 0 Å². The molecule has 0 aliphatic carbocycles. The van der Waals surface area contributed by atoms with E-state index in [-0.39, 0.29) is 0 Å². The van der Waals surface area contributed by atoms with Crippen LogP contribution >= 0.6 is 0 Å². The number of fused-ring (bicyclic) bond motifs is 1. The van der Waals surface area contributed by atoms with Gasteiger partial charge in [0.2, 0.25) is 6.79 Å². The lowest BCUT2D eigenvalue weighted by molar-refractivity contribution is 0.0667. The molecule has 0 aromatic heterocycles. The SMILES string of the molecule is CC(CCc1ccc2c(c1)OCO2)NC1CCCOC1. The molecule has 0 spiro atoms. The fraction of sp³-hybridized carbons (Fsp3) is 0.625. The second-order valence-electron chi connectivity index (χ2n) is 5.71. The van der Waals surface area contributed by atoms with Gasteiger partial charge in [0.25, 0.3) is 0 Å². The number of ether oxygens (including phenoxy) is 3. The van der Waals surface area contributed by atoms with E-state index in [1.807, 2.05) is 6.07 Å². The zero-order valence-corrected chi connectivity index (χ0v) is 12.1. The van der Waals surface area contributed by atoms with Crippen LogP contribution in [0.4, 0.5) is 0 Å². The van der Waals surface area contributed by atoms with Crippen LogP contribution in [0.5, 0.6) is 11.5 Å². The van der Waals surface area contributed by atoms with E-state index >= 15 is 0 Å². The molecule has 4 nitrogen and oxygen atoms in total. The van der Waals surface area contributed by atoms with E-state index in [2.05, 4.69) is 24.4 Å². The average molecular weight is 277 g/mol. The van der Waals surface area contributed by atoms with Gasteiger partial charge in [-0.25, -0.2) is 0 Å². The Balaban J connectivity index is 1.46. The van der Waals surface area contributed by atoms with Crippen molar-refractivity contribution in [3.05, 3.63) is 23.8 Å². The molecule has 1 N–H and O–H groups in total. The first kappa shape index (κ1) is 13.7. The minimum absolute atomic E-state index is 0.346. The Bertz CT molecular complexity index is 443. The van der Waals surface area contributed by atoms with E-state index in [1.165, 1.54) is 18.4 Å². The van der Waals surface area contributed by atoms with Gasteiger partial charge >= 0.3 is 0 Å². The second kappa shape index (κ2) is 6.46. The molecule has 1 aromatic carbocycles. The molecule has 4 heteroatoms. The minimum atomic E-state index is 0.346. The number of aryl methyl sites for hydroxylation is 1. The molecule has 110 valence electrons. The minimum Gasteiger partial charge on any atom is -0.454 e. The first-order valence-corrected chi connectivity index (χ1v) is 7.53. The van der Waals surface area contributed by atoms with Crippen LogP contribution in [0.2, 0.25) is 0 Å². The molecule has 2 aliphatic rings. The summed E-state index contributed by atoms with van der Waals surface area (Å²) in [6.07, 6.45) is 4.58. The fourth-order valence-electron chi connectivity index (χ4n) is 2.84. The van der Waals surface area contributed by atoms with Crippen LogP contribution in [0, 0.1) is 0 Å². The number of hydrogen-bond acceptors (Lipinski definition) is 4. The summed E-state index contributed by atoms with van der Waals surface area (Å²) < 4.78 is 16.2. The summed E-state index contributed by atoms with van der Waals surface area (Å²) in [6.45, 7) is 4.37. The Morgan fingerprint density at radius 2 is 2.20 bits per heavy atom. The highest BCUT2D eigenvalue weighted by atomic mass is 16.7. The van der Waals surface area contributed by atoms with Crippen LogP contribution in [-0.2, 0) is 11.2 Å². The normalized spacial score (nSPS) is 22.8. The lowest BCUT2D eigenvalue weighted by Gasteiger charge is -2.26. The summed E-state index contributed by atoms with van der Waals surface area (Å²) in [5.74, 6) is 1.74. The van der Waals surface area contributed by atoms with Crippen molar-refractivity contribution in [3.63, 3.8) is 0 Å². The maximum atomic E-state index is 5.50. The third-order valence-corrected chi connectivity index (χ3v) is 3.98. The van der Waals surface area contributed by atoms with E-state index in [1.54, 1.807) is 0 Å². The quantitative estimate of drug-likeness (QED) is 0.897. The zero-order chi connectivity index (χ0) is 13.8. The summed E-state index contributed by atoms with van der Waals surface area (Å²) in [7, 11) is 0. The predicted octanol–water partition coefficient (Wildman–Crippen LogP) is 2.51. The number of rotatable bonds is 5. The number of benzene rings is 1.